The van der Waals surface area contributed by atoms with Gasteiger partial charge in [0, 0.05) is 5.56 Å². The van der Waals surface area contributed by atoms with Crippen molar-refractivity contribution in [2.45, 2.75) is 25.2 Å². The molecule has 0 saturated heterocycles. The van der Waals surface area contributed by atoms with Gasteiger partial charge in [0.1, 0.15) is 0 Å². The van der Waals surface area contributed by atoms with Crippen LogP contribution in [-0.4, -0.2) is 5.91 Å². The summed E-state index contributed by atoms with van der Waals surface area (Å²) in [5.74, 6) is 2.11. The van der Waals surface area contributed by atoms with Gasteiger partial charge in [-0.15, -0.1) is 0 Å². The normalized spacial score (nSPS) is 28.8. The van der Waals surface area contributed by atoms with Gasteiger partial charge in [0.15, 0.2) is 0 Å². The lowest BCUT2D eigenvalue weighted by atomic mass is 10.0. The highest BCUT2D eigenvalue weighted by Crippen LogP contribution is 2.59. The van der Waals surface area contributed by atoms with Crippen LogP contribution in [0.1, 0.15) is 41.1 Å². The summed E-state index contributed by atoms with van der Waals surface area (Å²) >= 11 is 0. The van der Waals surface area contributed by atoms with Gasteiger partial charge >= 0.3 is 0 Å². The molecule has 1 aromatic carbocycles. The van der Waals surface area contributed by atoms with Gasteiger partial charge in [-0.2, -0.15) is 0 Å². The first-order valence-electron chi connectivity index (χ1n) is 5.66. The molecule has 78 valence electrons. The quantitative estimate of drug-likeness (QED) is 0.801. The van der Waals surface area contributed by atoms with E-state index in [0.29, 0.717) is 5.92 Å². The lowest BCUT2D eigenvalue weighted by Gasteiger charge is -2.05. The minimum atomic E-state index is -0.285. The molecule has 15 heavy (non-hydrogen) atoms. The number of carbonyl (C=O) groups excluding carboxylic acids is 1. The van der Waals surface area contributed by atoms with Gasteiger partial charge in [-0.25, -0.2) is 0 Å². The van der Waals surface area contributed by atoms with E-state index >= 15 is 0 Å². The van der Waals surface area contributed by atoms with Gasteiger partial charge in [0.25, 0.3) is 0 Å². The van der Waals surface area contributed by atoms with Crippen LogP contribution < -0.4 is 5.73 Å². The van der Waals surface area contributed by atoms with E-state index in [1.54, 1.807) is 0 Å². The molecule has 2 heteroatoms. The zero-order valence-corrected chi connectivity index (χ0v) is 8.65. The lowest BCUT2D eigenvalue weighted by molar-refractivity contribution is 0.0999. The zero-order chi connectivity index (χ0) is 10.4. The van der Waals surface area contributed by atoms with Crippen LogP contribution in [0.25, 0.3) is 0 Å². The minimum Gasteiger partial charge on any atom is -0.366 e. The Morgan fingerprint density at radius 2 is 2.00 bits per heavy atom. The Kier molecular flexibility index (Phi) is 1.84. The second-order valence-corrected chi connectivity index (χ2v) is 4.79. The van der Waals surface area contributed by atoms with Crippen LogP contribution in [0.3, 0.4) is 0 Å². The molecule has 0 aromatic heterocycles. The van der Waals surface area contributed by atoms with Crippen molar-refractivity contribution < 1.29 is 4.79 Å². The summed E-state index contributed by atoms with van der Waals surface area (Å²) < 4.78 is 0. The van der Waals surface area contributed by atoms with Crippen molar-refractivity contribution >= 4 is 5.91 Å². The van der Waals surface area contributed by atoms with E-state index in [-0.39, 0.29) is 5.91 Å². The van der Waals surface area contributed by atoms with Crippen LogP contribution in [0.4, 0.5) is 0 Å². The van der Waals surface area contributed by atoms with Crippen molar-refractivity contribution in [2.75, 3.05) is 0 Å². The predicted molar refractivity (Wildman–Crippen MR) is 58.5 cm³/mol. The maximum absolute atomic E-state index is 11.3. The molecule has 0 bridgehead atoms. The molecular weight excluding hydrogens is 186 g/mol. The fourth-order valence-electron chi connectivity index (χ4n) is 2.66. The van der Waals surface area contributed by atoms with E-state index in [1.165, 1.54) is 24.8 Å². The molecule has 2 fully saturated rings. The molecule has 2 N–H and O–H groups in total. The highest BCUT2D eigenvalue weighted by Gasteiger charge is 2.48. The minimum absolute atomic E-state index is 0.285. The molecule has 1 amide bonds. The number of primary amides is 1. The Bertz CT molecular complexity index is 409. The van der Waals surface area contributed by atoms with Crippen LogP contribution >= 0.6 is 0 Å². The largest absolute Gasteiger partial charge is 0.366 e. The van der Waals surface area contributed by atoms with E-state index in [1.807, 2.05) is 18.2 Å². The van der Waals surface area contributed by atoms with Crippen LogP contribution in [0.15, 0.2) is 24.3 Å². The Hall–Kier alpha value is -1.31. The highest BCUT2D eigenvalue weighted by atomic mass is 16.1. The Labute approximate surface area is 89.5 Å². The van der Waals surface area contributed by atoms with Crippen LogP contribution in [0.2, 0.25) is 0 Å². The molecule has 0 spiro atoms. The summed E-state index contributed by atoms with van der Waals surface area (Å²) in [5, 5.41) is 0. The van der Waals surface area contributed by atoms with E-state index in [0.717, 1.165) is 17.4 Å². The SMILES string of the molecule is NC(=O)c1ccccc1[C@@H]1C[C@H]1C1CC1. The summed E-state index contributed by atoms with van der Waals surface area (Å²) in [5.41, 5.74) is 7.29. The highest BCUT2D eigenvalue weighted by molar-refractivity contribution is 5.94. The number of nitrogens with two attached hydrogens (primary N) is 1. The first-order valence-corrected chi connectivity index (χ1v) is 5.66. The first kappa shape index (κ1) is 8.96. The standard InChI is InChI=1S/C13H15NO/c14-13(15)10-4-2-1-3-9(10)12-7-11(12)8-5-6-8/h1-4,8,11-12H,5-7H2,(H2,14,15)/t11-,12-/m0/s1. The Morgan fingerprint density at radius 1 is 1.27 bits per heavy atom. The molecule has 1 aromatic rings. The number of benzene rings is 1. The van der Waals surface area contributed by atoms with Crippen LogP contribution in [0, 0.1) is 11.8 Å². The molecule has 3 rings (SSSR count). The molecule has 2 nitrogen and oxygen atoms in total. The predicted octanol–water partition coefficient (Wildman–Crippen LogP) is 2.30. The van der Waals surface area contributed by atoms with Crippen molar-refractivity contribution in [1.82, 2.24) is 0 Å². The van der Waals surface area contributed by atoms with Crippen molar-refractivity contribution in [1.29, 1.82) is 0 Å². The Morgan fingerprint density at radius 3 is 2.67 bits per heavy atom. The van der Waals surface area contributed by atoms with Gasteiger partial charge in [0.2, 0.25) is 5.91 Å². The van der Waals surface area contributed by atoms with Crippen molar-refractivity contribution in [2.24, 2.45) is 17.6 Å². The van der Waals surface area contributed by atoms with E-state index in [9.17, 15) is 4.79 Å². The molecule has 0 unspecified atom stereocenters. The summed E-state index contributed by atoms with van der Waals surface area (Å²) in [4.78, 5) is 11.3. The third-order valence-corrected chi connectivity index (χ3v) is 3.69. The van der Waals surface area contributed by atoms with E-state index < -0.39 is 0 Å². The molecule has 2 atom stereocenters. The molecule has 2 aliphatic carbocycles. The third kappa shape index (κ3) is 1.54. The topological polar surface area (TPSA) is 43.1 Å². The van der Waals surface area contributed by atoms with Gasteiger partial charge in [-0.05, 0) is 48.6 Å². The molecule has 0 heterocycles. The third-order valence-electron chi connectivity index (χ3n) is 3.69. The molecular formula is C13H15NO. The average Bonchev–Trinajstić information content (AvgIpc) is 3.09. The number of carbonyl (C=O) groups is 1. The average molecular weight is 201 g/mol. The van der Waals surface area contributed by atoms with Gasteiger partial charge in [0.05, 0.1) is 0 Å². The summed E-state index contributed by atoms with van der Waals surface area (Å²) in [6.45, 7) is 0. The zero-order valence-electron chi connectivity index (χ0n) is 8.65. The number of hydrogen-bond acceptors (Lipinski definition) is 1. The lowest BCUT2D eigenvalue weighted by Crippen LogP contribution is -2.13. The molecule has 0 aliphatic heterocycles. The summed E-state index contributed by atoms with van der Waals surface area (Å²) in [7, 11) is 0. The molecule has 2 saturated carbocycles. The van der Waals surface area contributed by atoms with Crippen LogP contribution in [0.5, 0.6) is 0 Å². The van der Waals surface area contributed by atoms with Gasteiger partial charge in [-0.1, -0.05) is 18.2 Å². The monoisotopic (exact) mass is 201 g/mol. The van der Waals surface area contributed by atoms with E-state index in [2.05, 4.69) is 6.07 Å². The summed E-state index contributed by atoms with van der Waals surface area (Å²) in [6.07, 6.45) is 4.04. The van der Waals surface area contributed by atoms with Gasteiger partial charge in [-0.3, -0.25) is 4.79 Å². The number of rotatable bonds is 3. The maximum Gasteiger partial charge on any atom is 0.248 e. The fourth-order valence-corrected chi connectivity index (χ4v) is 2.66. The van der Waals surface area contributed by atoms with E-state index in [4.69, 9.17) is 5.73 Å². The molecule has 0 radical (unpaired) electrons. The number of amides is 1. The smallest absolute Gasteiger partial charge is 0.248 e. The second kappa shape index (κ2) is 3.09. The number of hydrogen-bond donors (Lipinski definition) is 1. The second-order valence-electron chi connectivity index (χ2n) is 4.79. The van der Waals surface area contributed by atoms with Crippen molar-refractivity contribution in [3.05, 3.63) is 35.4 Å². The van der Waals surface area contributed by atoms with Crippen LogP contribution in [-0.2, 0) is 0 Å². The Balaban J connectivity index is 1.88. The van der Waals surface area contributed by atoms with Crippen molar-refractivity contribution in [3.63, 3.8) is 0 Å². The fraction of sp³-hybridized carbons (Fsp3) is 0.462. The molecule has 2 aliphatic rings. The maximum atomic E-state index is 11.3. The van der Waals surface area contributed by atoms with Crippen molar-refractivity contribution in [3.8, 4) is 0 Å². The first-order chi connectivity index (χ1) is 7.27. The summed E-state index contributed by atoms with van der Waals surface area (Å²) in [6, 6.07) is 7.80. The van der Waals surface area contributed by atoms with Gasteiger partial charge < -0.3 is 5.73 Å².